The predicted molar refractivity (Wildman–Crippen MR) is 110 cm³/mol. The Bertz CT molecular complexity index is 1420. The molecule has 35 heavy (non-hydrogen) atoms. The van der Waals surface area contributed by atoms with Gasteiger partial charge in [-0.25, -0.2) is 13.6 Å². The number of hydrogen-bond donors (Lipinski definition) is 0. The number of aromatic nitrogens is 5. The van der Waals surface area contributed by atoms with Gasteiger partial charge in [-0.2, -0.15) is 13.2 Å². The van der Waals surface area contributed by atoms with E-state index in [4.69, 9.17) is 6.57 Å². The first kappa shape index (κ1) is 26.1. The summed E-state index contributed by atoms with van der Waals surface area (Å²) in [6.07, 6.45) is -2.23. The summed E-state index contributed by atoms with van der Waals surface area (Å²) < 4.78 is 67.0. The van der Waals surface area contributed by atoms with Gasteiger partial charge in [-0.05, 0) is 31.7 Å². The van der Waals surface area contributed by atoms with E-state index in [9.17, 15) is 22.0 Å². The number of rotatable bonds is 4. The van der Waals surface area contributed by atoms with Gasteiger partial charge in [-0.15, -0.1) is 12.1 Å². The molecule has 4 aromatic rings. The van der Waals surface area contributed by atoms with Crippen molar-refractivity contribution < 1.29 is 43.0 Å². The van der Waals surface area contributed by atoms with Crippen LogP contribution in [-0.4, -0.2) is 24.7 Å². The van der Waals surface area contributed by atoms with Gasteiger partial charge in [0.15, 0.2) is 5.69 Å². The molecule has 0 spiro atoms. The maximum absolute atomic E-state index is 14.2. The molecule has 0 atom stereocenters. The van der Waals surface area contributed by atoms with Crippen LogP contribution in [0.15, 0.2) is 42.5 Å². The second-order valence-electron chi connectivity index (χ2n) is 7.67. The molecule has 4 aromatic heterocycles. The molecule has 0 radical (unpaired) electrons. The number of nitrogens with zero attached hydrogens (tertiary/aromatic N) is 6. The Balaban J connectivity index is 0.00000342. The molecule has 0 aliphatic rings. The maximum atomic E-state index is 14.2. The zero-order valence-electron chi connectivity index (χ0n) is 17.9. The predicted octanol–water partition coefficient (Wildman–Crippen LogP) is 5.50. The van der Waals surface area contributed by atoms with Crippen molar-refractivity contribution in [2.24, 2.45) is 0 Å². The van der Waals surface area contributed by atoms with Crippen molar-refractivity contribution in [3.8, 4) is 17.1 Å². The Morgan fingerprint density at radius 2 is 1.71 bits per heavy atom. The summed E-state index contributed by atoms with van der Waals surface area (Å²) in [5.41, 5.74) is -1.43. The van der Waals surface area contributed by atoms with E-state index in [1.807, 2.05) is 0 Å². The van der Waals surface area contributed by atoms with Crippen molar-refractivity contribution in [2.45, 2.75) is 25.4 Å². The average Bonchev–Trinajstić information content (AvgIpc) is 3.30. The molecular weight excluding hydrogens is 650 g/mol. The summed E-state index contributed by atoms with van der Waals surface area (Å²) in [5, 5.41) is 3.48. The fourth-order valence-electron chi connectivity index (χ4n) is 3.15. The van der Waals surface area contributed by atoms with E-state index in [0.29, 0.717) is 17.5 Å². The molecule has 0 N–H and O–H groups in total. The van der Waals surface area contributed by atoms with Crippen LogP contribution in [0, 0.1) is 30.7 Å². The van der Waals surface area contributed by atoms with E-state index in [1.165, 1.54) is 18.2 Å². The van der Waals surface area contributed by atoms with Crippen molar-refractivity contribution >= 4 is 5.69 Å². The van der Waals surface area contributed by atoms with Crippen LogP contribution in [0.3, 0.4) is 0 Å². The van der Waals surface area contributed by atoms with Gasteiger partial charge in [-0.3, -0.25) is 15.1 Å². The molecule has 0 aliphatic carbocycles. The Kier molecular flexibility index (Phi) is 7.18. The zero-order valence-corrected chi connectivity index (χ0v) is 20.2. The van der Waals surface area contributed by atoms with Crippen LogP contribution in [0.5, 0.6) is 0 Å². The van der Waals surface area contributed by atoms with Gasteiger partial charge >= 0.3 is 27.2 Å². The fourth-order valence-corrected chi connectivity index (χ4v) is 3.15. The van der Waals surface area contributed by atoms with Crippen LogP contribution in [-0.2, 0) is 32.7 Å². The third kappa shape index (κ3) is 5.28. The SMILES string of the molecule is [C-]#[N+]c1cc(-c2[c-]cc(F)nc2F)nc(C(C)(C)c2cccc(-n3[c-]cc(C(F)(F)F)n3)n2)c1.[Pt+2]. The van der Waals surface area contributed by atoms with Crippen LogP contribution in [0.2, 0.25) is 0 Å². The molecule has 0 saturated carbocycles. The third-order valence-electron chi connectivity index (χ3n) is 5.00. The van der Waals surface area contributed by atoms with E-state index in [2.05, 4.69) is 37.2 Å². The standard InChI is InChI=1S/C23H13F5N6.Pt/c1-22(2,16-5-4-6-20(31-16)34-10-9-17(33-34)23(26,27)28)18-12-13(29-3)11-15(30-18)14-7-8-19(24)32-21(14)25;/h4-6,8-9,11-12H,1-2H3;/q-2;+2. The molecule has 0 unspecified atom stereocenters. The Morgan fingerprint density at radius 1 is 0.971 bits per heavy atom. The Labute approximate surface area is 211 Å². The van der Waals surface area contributed by atoms with Gasteiger partial charge in [-0.1, -0.05) is 36.0 Å². The van der Waals surface area contributed by atoms with Gasteiger partial charge in [0, 0.05) is 16.8 Å². The van der Waals surface area contributed by atoms with Crippen molar-refractivity contribution in [1.82, 2.24) is 24.7 Å². The molecule has 0 bridgehead atoms. The summed E-state index contributed by atoms with van der Waals surface area (Å²) in [6, 6.07) is 11.5. The van der Waals surface area contributed by atoms with Crippen molar-refractivity contribution in [2.75, 3.05) is 0 Å². The Hall–Kier alpha value is -3.51. The summed E-state index contributed by atoms with van der Waals surface area (Å²) in [6.45, 7) is 10.9. The van der Waals surface area contributed by atoms with E-state index in [-0.39, 0.29) is 43.8 Å². The summed E-state index contributed by atoms with van der Waals surface area (Å²) in [5.74, 6) is -2.09. The molecule has 0 aromatic carbocycles. The molecule has 180 valence electrons. The molecule has 4 heterocycles. The van der Waals surface area contributed by atoms with Gasteiger partial charge in [0.25, 0.3) is 0 Å². The smallest absolute Gasteiger partial charge is 0.343 e. The van der Waals surface area contributed by atoms with Crippen molar-refractivity contribution in [3.63, 3.8) is 0 Å². The summed E-state index contributed by atoms with van der Waals surface area (Å²) in [4.78, 5) is 15.4. The summed E-state index contributed by atoms with van der Waals surface area (Å²) >= 11 is 0. The first-order valence-electron chi connectivity index (χ1n) is 9.66. The monoisotopic (exact) mass is 663 g/mol. The topological polar surface area (TPSA) is 60.9 Å². The molecule has 12 heteroatoms. The number of hydrogen-bond acceptors (Lipinski definition) is 4. The quantitative estimate of drug-likeness (QED) is 0.165. The van der Waals surface area contributed by atoms with Crippen molar-refractivity contribution in [3.05, 3.63) is 95.1 Å². The average molecular weight is 663 g/mol. The molecule has 0 fully saturated rings. The van der Waals surface area contributed by atoms with Crippen LogP contribution >= 0.6 is 0 Å². The van der Waals surface area contributed by atoms with Crippen LogP contribution in [0.4, 0.5) is 27.6 Å². The van der Waals surface area contributed by atoms with E-state index in [0.717, 1.165) is 10.7 Å². The number of pyridine rings is 3. The first-order valence-corrected chi connectivity index (χ1v) is 9.66. The minimum atomic E-state index is -4.62. The molecular formula is C23H13F5N6Pt. The minimum Gasteiger partial charge on any atom is -0.343 e. The Morgan fingerprint density at radius 3 is 2.34 bits per heavy atom. The number of halogens is 5. The second kappa shape index (κ2) is 9.62. The van der Waals surface area contributed by atoms with Gasteiger partial charge in [0.2, 0.25) is 0 Å². The second-order valence-corrected chi connectivity index (χ2v) is 7.67. The molecule has 4 rings (SSSR count). The van der Waals surface area contributed by atoms with E-state index >= 15 is 0 Å². The van der Waals surface area contributed by atoms with Crippen LogP contribution in [0.1, 0.15) is 30.9 Å². The molecule has 0 aliphatic heterocycles. The fraction of sp³-hybridized carbons (Fsp3) is 0.174. The summed E-state index contributed by atoms with van der Waals surface area (Å²) in [7, 11) is 0. The van der Waals surface area contributed by atoms with Crippen molar-refractivity contribution in [1.29, 1.82) is 0 Å². The molecule has 0 saturated heterocycles. The number of alkyl halides is 3. The molecule has 0 amide bonds. The van der Waals surface area contributed by atoms with Crippen LogP contribution < -0.4 is 0 Å². The normalized spacial score (nSPS) is 11.6. The van der Waals surface area contributed by atoms with Gasteiger partial charge in [0.05, 0.1) is 18.1 Å². The maximum Gasteiger partial charge on any atom is 2.00 e. The van der Waals surface area contributed by atoms with Crippen LogP contribution in [0.25, 0.3) is 21.9 Å². The van der Waals surface area contributed by atoms with Gasteiger partial charge in [0.1, 0.15) is 11.9 Å². The van der Waals surface area contributed by atoms with E-state index < -0.39 is 29.2 Å². The molecule has 6 nitrogen and oxygen atoms in total. The first-order chi connectivity index (χ1) is 16.0. The van der Waals surface area contributed by atoms with Gasteiger partial charge < -0.3 is 9.67 Å². The third-order valence-corrected chi connectivity index (χ3v) is 5.00. The largest absolute Gasteiger partial charge is 2.00 e. The van der Waals surface area contributed by atoms with E-state index in [1.54, 1.807) is 26.0 Å². The minimum absolute atomic E-state index is 0. The zero-order chi connectivity index (χ0) is 24.7.